The van der Waals surface area contributed by atoms with Crippen LogP contribution in [0.25, 0.3) is 0 Å². The molecule has 76 valence electrons. The Labute approximate surface area is 80.4 Å². The average Bonchev–Trinajstić information content (AvgIpc) is 2.45. The molecule has 2 fully saturated rings. The van der Waals surface area contributed by atoms with E-state index in [0.717, 1.165) is 12.5 Å². The van der Waals surface area contributed by atoms with Crippen LogP contribution in [0.2, 0.25) is 0 Å². The van der Waals surface area contributed by atoms with Crippen LogP contribution in [0.4, 0.5) is 0 Å². The third kappa shape index (κ3) is 1.30. The largest absolute Gasteiger partial charge is 0.377 e. The lowest BCUT2D eigenvalue weighted by atomic mass is 9.57. The quantitative estimate of drug-likeness (QED) is 0.644. The molecule has 0 aromatic carbocycles. The third-order valence-corrected chi connectivity index (χ3v) is 3.50. The van der Waals surface area contributed by atoms with Gasteiger partial charge in [-0.1, -0.05) is 13.8 Å². The van der Waals surface area contributed by atoms with Gasteiger partial charge in [-0.15, -0.1) is 0 Å². The topological polar surface area (TPSA) is 24.5 Å². The van der Waals surface area contributed by atoms with Crippen LogP contribution in [0.5, 0.6) is 0 Å². The highest BCUT2D eigenvalue weighted by atomic mass is 16.5. The van der Waals surface area contributed by atoms with E-state index in [1.54, 1.807) is 0 Å². The first-order valence-electron chi connectivity index (χ1n) is 5.08. The van der Waals surface area contributed by atoms with Gasteiger partial charge in [-0.2, -0.15) is 0 Å². The second-order valence-corrected chi connectivity index (χ2v) is 5.07. The van der Waals surface area contributed by atoms with Crippen LogP contribution in [0, 0.1) is 11.3 Å². The van der Waals surface area contributed by atoms with E-state index >= 15 is 0 Å². The average molecular weight is 184 g/mol. The maximum Gasteiger partial charge on any atom is 0.0686 e. The van der Waals surface area contributed by atoms with E-state index in [2.05, 4.69) is 38.4 Å². The maximum atomic E-state index is 5.72. The monoisotopic (exact) mass is 184 g/mol. The van der Waals surface area contributed by atoms with Crippen molar-refractivity contribution in [2.24, 2.45) is 11.3 Å². The summed E-state index contributed by atoms with van der Waals surface area (Å²) in [7, 11) is 4.11. The van der Waals surface area contributed by atoms with E-state index in [4.69, 9.17) is 4.74 Å². The number of nitrogens with zero attached hydrogens (tertiary/aromatic N) is 1. The minimum absolute atomic E-state index is 0.297. The molecule has 3 atom stereocenters. The zero-order chi connectivity index (χ0) is 9.64. The molecule has 0 spiro atoms. The first-order chi connectivity index (χ1) is 6.03. The molecule has 2 rings (SSSR count). The van der Waals surface area contributed by atoms with Gasteiger partial charge in [0.25, 0.3) is 0 Å². The van der Waals surface area contributed by atoms with Crippen molar-refractivity contribution >= 4 is 0 Å². The van der Waals surface area contributed by atoms with Crippen molar-refractivity contribution in [2.75, 3.05) is 20.7 Å². The zero-order valence-electron chi connectivity index (χ0n) is 9.00. The molecule has 1 saturated carbocycles. The molecule has 0 amide bonds. The highest BCUT2D eigenvalue weighted by molar-refractivity contribution is 5.10. The molecular weight excluding hydrogens is 164 g/mol. The number of rotatable bonds is 2. The predicted molar refractivity (Wildman–Crippen MR) is 52.2 cm³/mol. The molecule has 0 bridgehead atoms. The molecule has 3 heteroatoms. The van der Waals surface area contributed by atoms with Crippen molar-refractivity contribution in [2.45, 2.75) is 32.4 Å². The lowest BCUT2D eigenvalue weighted by Crippen LogP contribution is -2.67. The highest BCUT2D eigenvalue weighted by Gasteiger charge is 2.59. The standard InChI is InChI=1S/C10H20N2O/c1-10(2)8(11-12(3)4)7-5-6-13-9(7)10/h7-9,11H,5-6H2,1-4H3. The zero-order valence-corrected chi connectivity index (χ0v) is 9.00. The van der Waals surface area contributed by atoms with Crippen LogP contribution in [-0.2, 0) is 4.74 Å². The summed E-state index contributed by atoms with van der Waals surface area (Å²) in [5.74, 6) is 0.734. The summed E-state index contributed by atoms with van der Waals surface area (Å²) in [5, 5.41) is 2.06. The summed E-state index contributed by atoms with van der Waals surface area (Å²) in [6.45, 7) is 5.53. The van der Waals surface area contributed by atoms with E-state index in [9.17, 15) is 0 Å². The Bertz CT molecular complexity index is 203. The minimum atomic E-state index is 0.297. The van der Waals surface area contributed by atoms with E-state index in [-0.39, 0.29) is 0 Å². The van der Waals surface area contributed by atoms with Gasteiger partial charge in [0.2, 0.25) is 0 Å². The van der Waals surface area contributed by atoms with E-state index in [1.807, 2.05) is 0 Å². The number of hydrazine groups is 1. The Morgan fingerprint density at radius 1 is 1.38 bits per heavy atom. The molecule has 0 aromatic heterocycles. The van der Waals surface area contributed by atoms with Gasteiger partial charge in [0.05, 0.1) is 6.10 Å². The maximum absolute atomic E-state index is 5.72. The van der Waals surface area contributed by atoms with Crippen LogP contribution in [0.1, 0.15) is 20.3 Å². The van der Waals surface area contributed by atoms with Gasteiger partial charge in [0.15, 0.2) is 0 Å². The van der Waals surface area contributed by atoms with E-state index in [1.165, 1.54) is 6.42 Å². The molecule has 1 N–H and O–H groups in total. The fourth-order valence-corrected chi connectivity index (χ4v) is 2.86. The summed E-state index contributed by atoms with van der Waals surface area (Å²) in [6, 6.07) is 0.593. The summed E-state index contributed by atoms with van der Waals surface area (Å²) in [4.78, 5) is 0. The Morgan fingerprint density at radius 3 is 2.69 bits per heavy atom. The Morgan fingerprint density at radius 2 is 2.08 bits per heavy atom. The van der Waals surface area contributed by atoms with Crippen LogP contribution in [-0.4, -0.2) is 37.9 Å². The van der Waals surface area contributed by atoms with Crippen LogP contribution in [0.3, 0.4) is 0 Å². The van der Waals surface area contributed by atoms with E-state index < -0.39 is 0 Å². The smallest absolute Gasteiger partial charge is 0.0686 e. The van der Waals surface area contributed by atoms with Crippen molar-refractivity contribution in [3.63, 3.8) is 0 Å². The molecule has 0 radical (unpaired) electrons. The molecular formula is C10H20N2O. The minimum Gasteiger partial charge on any atom is -0.377 e. The number of ether oxygens (including phenoxy) is 1. The van der Waals surface area contributed by atoms with E-state index in [0.29, 0.717) is 17.6 Å². The fourth-order valence-electron chi connectivity index (χ4n) is 2.86. The normalized spacial score (nSPS) is 41.8. The summed E-state index contributed by atoms with van der Waals surface area (Å²) >= 11 is 0. The van der Waals surface area contributed by atoms with Crippen LogP contribution in [0.15, 0.2) is 0 Å². The number of nitrogens with one attached hydrogen (secondary N) is 1. The Kier molecular flexibility index (Phi) is 2.13. The fraction of sp³-hybridized carbons (Fsp3) is 1.00. The summed E-state index contributed by atoms with van der Waals surface area (Å²) in [5.41, 5.74) is 3.79. The van der Waals surface area contributed by atoms with Gasteiger partial charge < -0.3 is 4.74 Å². The highest BCUT2D eigenvalue weighted by Crippen LogP contribution is 2.52. The van der Waals surface area contributed by atoms with Gasteiger partial charge in [0, 0.05) is 38.1 Å². The van der Waals surface area contributed by atoms with Gasteiger partial charge in [-0.25, -0.2) is 0 Å². The Balaban J connectivity index is 2.03. The molecule has 2 aliphatic rings. The summed E-state index contributed by atoms with van der Waals surface area (Å²) in [6.07, 6.45) is 1.71. The number of fused-ring (bicyclic) bond motifs is 1. The van der Waals surface area contributed by atoms with Crippen molar-refractivity contribution < 1.29 is 4.74 Å². The van der Waals surface area contributed by atoms with Crippen molar-refractivity contribution in [3.05, 3.63) is 0 Å². The van der Waals surface area contributed by atoms with Gasteiger partial charge in [-0.05, 0) is 6.42 Å². The Hall–Kier alpha value is -0.120. The summed E-state index contributed by atoms with van der Waals surface area (Å²) < 4.78 is 5.72. The second-order valence-electron chi connectivity index (χ2n) is 5.07. The molecule has 1 aliphatic heterocycles. The van der Waals surface area contributed by atoms with Crippen molar-refractivity contribution in [3.8, 4) is 0 Å². The molecule has 1 heterocycles. The van der Waals surface area contributed by atoms with Crippen LogP contribution >= 0.6 is 0 Å². The second kappa shape index (κ2) is 2.94. The molecule has 3 unspecified atom stereocenters. The third-order valence-electron chi connectivity index (χ3n) is 3.50. The number of hydrogen-bond acceptors (Lipinski definition) is 3. The van der Waals surface area contributed by atoms with Gasteiger partial charge in [0.1, 0.15) is 0 Å². The molecule has 1 aliphatic carbocycles. The molecule has 3 nitrogen and oxygen atoms in total. The van der Waals surface area contributed by atoms with Crippen LogP contribution < -0.4 is 5.43 Å². The molecule has 0 aromatic rings. The molecule has 13 heavy (non-hydrogen) atoms. The van der Waals surface area contributed by atoms with Gasteiger partial charge in [-0.3, -0.25) is 10.4 Å². The van der Waals surface area contributed by atoms with Crippen molar-refractivity contribution in [1.82, 2.24) is 10.4 Å². The lowest BCUT2D eigenvalue weighted by Gasteiger charge is -2.55. The first kappa shape index (κ1) is 9.44. The lowest BCUT2D eigenvalue weighted by molar-refractivity contribution is -0.128. The van der Waals surface area contributed by atoms with Crippen molar-refractivity contribution in [1.29, 1.82) is 0 Å². The predicted octanol–water partition coefficient (Wildman–Crippen LogP) is 0.866. The van der Waals surface area contributed by atoms with Gasteiger partial charge >= 0.3 is 0 Å². The first-order valence-corrected chi connectivity index (χ1v) is 5.08. The SMILES string of the molecule is CN(C)NC1C2CCOC2C1(C)C. The molecule has 1 saturated heterocycles. The number of hydrogen-bond donors (Lipinski definition) is 1.